The van der Waals surface area contributed by atoms with E-state index < -0.39 is 0 Å². The minimum atomic E-state index is -0.124. The zero-order valence-electron chi connectivity index (χ0n) is 15.4. The number of nitrogens with one attached hydrogen (secondary N) is 1. The second kappa shape index (κ2) is 7.03. The van der Waals surface area contributed by atoms with Crippen molar-refractivity contribution in [3.8, 4) is 28.5 Å². The van der Waals surface area contributed by atoms with Gasteiger partial charge in [-0.1, -0.05) is 13.8 Å². The molecule has 0 radical (unpaired) electrons. The highest BCUT2D eigenvalue weighted by Crippen LogP contribution is 2.40. The van der Waals surface area contributed by atoms with Crippen LogP contribution in [0, 0.1) is 5.92 Å². The Hall–Kier alpha value is -3.09. The summed E-state index contributed by atoms with van der Waals surface area (Å²) >= 11 is 0. The molecule has 3 rings (SSSR count). The van der Waals surface area contributed by atoms with Gasteiger partial charge in [-0.2, -0.15) is 0 Å². The summed E-state index contributed by atoms with van der Waals surface area (Å²) in [4.78, 5) is 24.4. The van der Waals surface area contributed by atoms with Crippen molar-refractivity contribution >= 4 is 16.9 Å². The number of aromatic amines is 1. The fraction of sp³-hybridized carbons (Fsp3) is 0.316. The number of rotatable bonds is 6. The Morgan fingerprint density at radius 3 is 2.27 bits per heavy atom. The lowest BCUT2D eigenvalue weighted by molar-refractivity contribution is 0.0941. The van der Waals surface area contributed by atoms with Crippen LogP contribution in [0.2, 0.25) is 0 Å². The largest absolute Gasteiger partial charge is 0.493 e. The van der Waals surface area contributed by atoms with Gasteiger partial charge in [0.15, 0.2) is 22.9 Å². The summed E-state index contributed by atoms with van der Waals surface area (Å²) in [6, 6.07) is 3.60. The molecule has 0 aliphatic carbocycles. The van der Waals surface area contributed by atoms with Gasteiger partial charge < -0.3 is 19.2 Å². The first-order valence-electron chi connectivity index (χ1n) is 8.18. The number of ether oxygens (including phenoxy) is 3. The Morgan fingerprint density at radius 1 is 1.08 bits per heavy atom. The van der Waals surface area contributed by atoms with Crippen LogP contribution >= 0.6 is 0 Å². The van der Waals surface area contributed by atoms with Crippen LogP contribution in [0.1, 0.15) is 24.2 Å². The van der Waals surface area contributed by atoms with Gasteiger partial charge in [0.1, 0.15) is 5.52 Å². The highest BCUT2D eigenvalue weighted by Gasteiger charge is 2.19. The van der Waals surface area contributed by atoms with Gasteiger partial charge in [0, 0.05) is 17.7 Å². The van der Waals surface area contributed by atoms with E-state index in [0.29, 0.717) is 39.7 Å². The van der Waals surface area contributed by atoms with Crippen molar-refractivity contribution in [3.05, 3.63) is 30.1 Å². The van der Waals surface area contributed by atoms with Gasteiger partial charge in [-0.15, -0.1) is 0 Å². The molecule has 0 fully saturated rings. The summed E-state index contributed by atoms with van der Waals surface area (Å²) in [6.07, 6.45) is 3.30. The summed E-state index contributed by atoms with van der Waals surface area (Å²) in [5.41, 5.74) is 3.02. The third-order valence-corrected chi connectivity index (χ3v) is 4.13. The maximum atomic E-state index is 12.4. The fourth-order valence-corrected chi connectivity index (χ4v) is 2.76. The van der Waals surface area contributed by atoms with E-state index in [-0.39, 0.29) is 11.7 Å². The predicted molar refractivity (Wildman–Crippen MR) is 98.1 cm³/mol. The molecule has 0 aliphatic heterocycles. The maximum Gasteiger partial charge on any atom is 0.203 e. The van der Waals surface area contributed by atoms with Gasteiger partial charge in [0.05, 0.1) is 38.8 Å². The predicted octanol–water partition coefficient (Wildman–Crippen LogP) is 3.49. The molecule has 7 nitrogen and oxygen atoms in total. The average Bonchev–Trinajstić information content (AvgIpc) is 3.08. The molecule has 1 aromatic carbocycles. The monoisotopic (exact) mass is 355 g/mol. The number of aromatic nitrogens is 3. The van der Waals surface area contributed by atoms with E-state index in [9.17, 15) is 4.79 Å². The average molecular weight is 355 g/mol. The third-order valence-electron chi connectivity index (χ3n) is 4.13. The molecule has 1 N–H and O–H groups in total. The number of hydrogen-bond acceptors (Lipinski definition) is 6. The van der Waals surface area contributed by atoms with Crippen LogP contribution in [-0.2, 0) is 0 Å². The van der Waals surface area contributed by atoms with Crippen LogP contribution in [0.5, 0.6) is 17.2 Å². The molecule has 7 heteroatoms. The van der Waals surface area contributed by atoms with Crippen molar-refractivity contribution in [1.82, 2.24) is 15.0 Å². The first-order valence-corrected chi connectivity index (χ1v) is 8.18. The number of ketones is 1. The Labute approximate surface area is 151 Å². The molecule has 2 heterocycles. The van der Waals surface area contributed by atoms with Crippen molar-refractivity contribution < 1.29 is 19.0 Å². The first-order chi connectivity index (χ1) is 12.5. The summed E-state index contributed by atoms with van der Waals surface area (Å²) < 4.78 is 16.1. The Kier molecular flexibility index (Phi) is 4.79. The number of carbonyl (C=O) groups is 1. The van der Waals surface area contributed by atoms with Crippen molar-refractivity contribution in [2.75, 3.05) is 21.3 Å². The number of methoxy groups -OCH3 is 3. The second-order valence-electron chi connectivity index (χ2n) is 6.09. The lowest BCUT2D eigenvalue weighted by Gasteiger charge is -2.14. The van der Waals surface area contributed by atoms with E-state index in [1.807, 2.05) is 13.8 Å². The molecule has 0 spiro atoms. The van der Waals surface area contributed by atoms with Crippen molar-refractivity contribution in [2.45, 2.75) is 13.8 Å². The molecule has 0 amide bonds. The number of benzene rings is 1. The van der Waals surface area contributed by atoms with Crippen molar-refractivity contribution in [3.63, 3.8) is 0 Å². The van der Waals surface area contributed by atoms with Crippen LogP contribution < -0.4 is 14.2 Å². The van der Waals surface area contributed by atoms with Crippen LogP contribution in [0.25, 0.3) is 22.4 Å². The summed E-state index contributed by atoms with van der Waals surface area (Å²) in [7, 11) is 4.67. The molecule has 3 aromatic rings. The minimum absolute atomic E-state index is 0.0209. The zero-order valence-corrected chi connectivity index (χ0v) is 15.4. The molecule has 0 atom stereocenters. The fourth-order valence-electron chi connectivity index (χ4n) is 2.76. The van der Waals surface area contributed by atoms with Gasteiger partial charge in [0.25, 0.3) is 0 Å². The minimum Gasteiger partial charge on any atom is -0.493 e. The van der Waals surface area contributed by atoms with Gasteiger partial charge in [-0.3, -0.25) is 4.79 Å². The summed E-state index contributed by atoms with van der Waals surface area (Å²) in [6.45, 7) is 3.72. The normalized spacial score (nSPS) is 11.0. The molecule has 26 heavy (non-hydrogen) atoms. The van der Waals surface area contributed by atoms with Gasteiger partial charge in [-0.05, 0) is 12.1 Å². The number of carbonyl (C=O) groups excluding carboxylic acids is 1. The van der Waals surface area contributed by atoms with E-state index in [1.165, 1.54) is 0 Å². The molecule has 0 unspecified atom stereocenters. The lowest BCUT2D eigenvalue weighted by Crippen LogP contribution is -2.07. The third kappa shape index (κ3) is 2.96. The smallest absolute Gasteiger partial charge is 0.203 e. The molecule has 0 aliphatic rings. The SMILES string of the molecule is COc1cc(-c2cnc3[nH]cc(C(=O)C(C)C)c3n2)cc(OC)c1OC. The van der Waals surface area contributed by atoms with E-state index in [2.05, 4.69) is 15.0 Å². The topological polar surface area (TPSA) is 86.3 Å². The van der Waals surface area contributed by atoms with Crippen LogP contribution in [0.4, 0.5) is 0 Å². The molecule has 136 valence electrons. The number of nitrogens with zero attached hydrogens (tertiary/aromatic N) is 2. The number of fused-ring (bicyclic) bond motifs is 1. The van der Waals surface area contributed by atoms with E-state index in [4.69, 9.17) is 14.2 Å². The number of H-pyrrole nitrogens is 1. The molecular weight excluding hydrogens is 334 g/mol. The highest BCUT2D eigenvalue weighted by molar-refractivity contribution is 6.06. The Morgan fingerprint density at radius 2 is 1.73 bits per heavy atom. The molecule has 0 saturated heterocycles. The molecule has 0 saturated carbocycles. The summed E-state index contributed by atoms with van der Waals surface area (Å²) in [5, 5.41) is 0. The van der Waals surface area contributed by atoms with Gasteiger partial charge in [-0.25, -0.2) is 9.97 Å². The quantitative estimate of drug-likeness (QED) is 0.681. The Balaban J connectivity index is 2.16. The summed E-state index contributed by atoms with van der Waals surface area (Å²) in [5.74, 6) is 1.45. The zero-order chi connectivity index (χ0) is 18.8. The standard InChI is InChI=1S/C19H21N3O4/c1-10(2)17(23)12-8-20-19-16(12)22-13(9-21-19)11-6-14(24-3)18(26-5)15(7-11)25-4/h6-10H,1-5H3,(H,20,21). The number of hydrogen-bond donors (Lipinski definition) is 1. The molecule has 2 aromatic heterocycles. The number of Topliss-reactive ketones (excluding diaryl/α,β-unsaturated/α-hetero) is 1. The maximum absolute atomic E-state index is 12.4. The first kappa shape index (κ1) is 17.7. The second-order valence-corrected chi connectivity index (χ2v) is 6.09. The highest BCUT2D eigenvalue weighted by atomic mass is 16.5. The Bertz CT molecular complexity index is 938. The van der Waals surface area contributed by atoms with E-state index >= 15 is 0 Å². The van der Waals surface area contributed by atoms with Gasteiger partial charge in [0.2, 0.25) is 5.75 Å². The van der Waals surface area contributed by atoms with Crippen LogP contribution in [-0.4, -0.2) is 42.1 Å². The van der Waals surface area contributed by atoms with E-state index in [1.54, 1.807) is 45.9 Å². The van der Waals surface area contributed by atoms with Crippen LogP contribution in [0.15, 0.2) is 24.5 Å². The molecule has 0 bridgehead atoms. The van der Waals surface area contributed by atoms with Crippen molar-refractivity contribution in [1.29, 1.82) is 0 Å². The van der Waals surface area contributed by atoms with Crippen LogP contribution in [0.3, 0.4) is 0 Å². The molecular formula is C19H21N3O4. The van der Waals surface area contributed by atoms with Gasteiger partial charge >= 0.3 is 0 Å². The lowest BCUT2D eigenvalue weighted by atomic mass is 10.0. The van der Waals surface area contributed by atoms with E-state index in [0.717, 1.165) is 5.56 Å². The van der Waals surface area contributed by atoms with Crippen molar-refractivity contribution in [2.24, 2.45) is 5.92 Å².